The number of H-pyrrole nitrogens is 2. The zero-order valence-electron chi connectivity index (χ0n) is 13.9. The number of aryl methyl sites for hydroxylation is 1. The molecule has 1 aliphatic rings. The molecule has 0 amide bonds. The van der Waals surface area contributed by atoms with Gasteiger partial charge in [-0.15, -0.1) is 0 Å². The number of aromatic amines is 2. The maximum absolute atomic E-state index is 12.3. The lowest BCUT2D eigenvalue weighted by Crippen LogP contribution is -2.47. The van der Waals surface area contributed by atoms with Gasteiger partial charge in [-0.25, -0.2) is 0 Å². The number of nitrogens with zero attached hydrogens (tertiary/aromatic N) is 1. The predicted molar refractivity (Wildman–Crippen MR) is 94.2 cm³/mol. The minimum atomic E-state index is -0.207. The molecule has 4 rings (SSSR count). The summed E-state index contributed by atoms with van der Waals surface area (Å²) in [5.74, 6) is 0.522. The van der Waals surface area contributed by atoms with Crippen molar-refractivity contribution in [3.63, 3.8) is 0 Å². The zero-order chi connectivity index (χ0) is 16.7. The Balaban J connectivity index is 1.62. The molecule has 0 radical (unpaired) electrons. The molecular weight excluding hydrogens is 302 g/mol. The summed E-state index contributed by atoms with van der Waals surface area (Å²) in [7, 11) is 1.70. The van der Waals surface area contributed by atoms with Crippen LogP contribution < -0.4 is 5.56 Å². The molecule has 0 saturated carbocycles. The third-order valence-corrected chi connectivity index (χ3v) is 4.95. The van der Waals surface area contributed by atoms with Gasteiger partial charge in [0.2, 0.25) is 0 Å². The van der Waals surface area contributed by atoms with Crippen LogP contribution in [0.3, 0.4) is 0 Å². The summed E-state index contributed by atoms with van der Waals surface area (Å²) in [5.41, 5.74) is 4.10. The van der Waals surface area contributed by atoms with Crippen LogP contribution in [0.2, 0.25) is 0 Å². The van der Waals surface area contributed by atoms with Crippen LogP contribution in [0, 0.1) is 6.92 Å². The van der Waals surface area contributed by atoms with Crippen molar-refractivity contribution in [3.05, 3.63) is 69.8 Å². The second kappa shape index (κ2) is 5.92. The molecular formula is C19H21N3O2. The molecule has 3 heterocycles. The first kappa shape index (κ1) is 15.2. The first-order valence-corrected chi connectivity index (χ1v) is 8.20. The Morgan fingerprint density at radius 3 is 2.62 bits per heavy atom. The van der Waals surface area contributed by atoms with E-state index in [9.17, 15) is 4.79 Å². The second-order valence-electron chi connectivity index (χ2n) is 6.44. The quantitative estimate of drug-likeness (QED) is 0.776. The molecule has 5 heteroatoms. The Morgan fingerprint density at radius 2 is 1.92 bits per heavy atom. The van der Waals surface area contributed by atoms with Crippen molar-refractivity contribution in [2.45, 2.75) is 19.1 Å². The van der Waals surface area contributed by atoms with Crippen molar-refractivity contribution in [1.82, 2.24) is 14.9 Å². The number of benzene rings is 1. The average Bonchev–Trinajstić information content (AvgIpc) is 3.01. The van der Waals surface area contributed by atoms with Crippen LogP contribution in [0.5, 0.6) is 0 Å². The fraction of sp³-hybridized carbons (Fsp3) is 0.316. The Hall–Kier alpha value is -2.37. The first-order chi connectivity index (χ1) is 11.7. The number of methoxy groups -OCH3 is 1. The standard InChI is InChI=1S/C19H21N3O2/c1-12-8-21-18(23)16-15(9-20-17(12)16)19(24-2)22-10-14(11-22)13-6-4-3-5-7-13/h3-9,14,19-20H,10-11H2,1-2H3,(H,21,23). The van der Waals surface area contributed by atoms with Crippen LogP contribution in [-0.2, 0) is 4.74 Å². The van der Waals surface area contributed by atoms with E-state index >= 15 is 0 Å². The van der Waals surface area contributed by atoms with E-state index in [0.717, 1.165) is 29.7 Å². The summed E-state index contributed by atoms with van der Waals surface area (Å²) in [6, 6.07) is 10.5. The molecule has 1 aliphatic heterocycles. The Labute approximate surface area is 140 Å². The Bertz CT molecular complexity index is 907. The zero-order valence-corrected chi connectivity index (χ0v) is 13.9. The maximum atomic E-state index is 12.3. The van der Waals surface area contributed by atoms with Crippen LogP contribution in [0.15, 0.2) is 47.5 Å². The molecule has 5 nitrogen and oxygen atoms in total. The third-order valence-electron chi connectivity index (χ3n) is 4.95. The molecule has 2 N–H and O–H groups in total. The van der Waals surface area contributed by atoms with Crippen molar-refractivity contribution < 1.29 is 4.74 Å². The normalized spacial score (nSPS) is 17.1. The third kappa shape index (κ3) is 2.37. The summed E-state index contributed by atoms with van der Waals surface area (Å²) in [6.07, 6.45) is 3.43. The van der Waals surface area contributed by atoms with Gasteiger partial charge in [0.1, 0.15) is 6.23 Å². The van der Waals surface area contributed by atoms with Gasteiger partial charge in [0, 0.05) is 44.1 Å². The van der Waals surface area contributed by atoms with E-state index in [1.807, 2.05) is 19.2 Å². The number of rotatable bonds is 4. The van der Waals surface area contributed by atoms with Crippen LogP contribution in [0.25, 0.3) is 10.9 Å². The van der Waals surface area contributed by atoms with Gasteiger partial charge in [-0.2, -0.15) is 0 Å². The molecule has 2 aromatic heterocycles. The molecule has 0 bridgehead atoms. The van der Waals surface area contributed by atoms with E-state index in [1.165, 1.54) is 5.56 Å². The van der Waals surface area contributed by atoms with Gasteiger partial charge in [-0.05, 0) is 18.1 Å². The van der Waals surface area contributed by atoms with E-state index in [4.69, 9.17) is 4.74 Å². The van der Waals surface area contributed by atoms with Gasteiger partial charge in [0.25, 0.3) is 5.56 Å². The summed E-state index contributed by atoms with van der Waals surface area (Å²) in [6.45, 7) is 3.84. The number of hydrogen-bond donors (Lipinski definition) is 2. The number of likely N-dealkylation sites (tertiary alicyclic amines) is 1. The highest BCUT2D eigenvalue weighted by Crippen LogP contribution is 2.36. The minimum Gasteiger partial charge on any atom is -0.362 e. The van der Waals surface area contributed by atoms with Gasteiger partial charge in [-0.3, -0.25) is 9.69 Å². The lowest BCUT2D eigenvalue weighted by atomic mass is 9.90. The van der Waals surface area contributed by atoms with Gasteiger partial charge >= 0.3 is 0 Å². The van der Waals surface area contributed by atoms with Crippen molar-refractivity contribution in [2.75, 3.05) is 20.2 Å². The van der Waals surface area contributed by atoms with Crippen LogP contribution in [0.4, 0.5) is 0 Å². The molecule has 0 aliphatic carbocycles. The fourth-order valence-electron chi connectivity index (χ4n) is 3.62. The molecule has 1 aromatic carbocycles. The molecule has 1 saturated heterocycles. The lowest BCUT2D eigenvalue weighted by molar-refractivity contribution is -0.0749. The number of ether oxygens (including phenoxy) is 1. The SMILES string of the molecule is COC(c1c[nH]c2c(C)c[nH]c(=O)c12)N1CC(c2ccccc2)C1. The highest BCUT2D eigenvalue weighted by Gasteiger charge is 2.35. The van der Waals surface area contributed by atoms with E-state index in [1.54, 1.807) is 13.3 Å². The number of hydrogen-bond acceptors (Lipinski definition) is 3. The fourth-order valence-corrected chi connectivity index (χ4v) is 3.62. The topological polar surface area (TPSA) is 61.1 Å². The van der Waals surface area contributed by atoms with Crippen molar-refractivity contribution in [2.24, 2.45) is 0 Å². The predicted octanol–water partition coefficient (Wildman–Crippen LogP) is 2.91. The van der Waals surface area contributed by atoms with E-state index in [2.05, 4.69) is 39.1 Å². The number of nitrogens with one attached hydrogen (secondary N) is 2. The molecule has 1 unspecified atom stereocenters. The first-order valence-electron chi connectivity index (χ1n) is 8.20. The maximum Gasteiger partial charge on any atom is 0.257 e. The van der Waals surface area contributed by atoms with Crippen LogP contribution >= 0.6 is 0 Å². The molecule has 1 atom stereocenters. The molecule has 0 spiro atoms. The largest absolute Gasteiger partial charge is 0.362 e. The average molecular weight is 323 g/mol. The summed E-state index contributed by atoms with van der Waals surface area (Å²) >= 11 is 0. The van der Waals surface area contributed by atoms with Gasteiger partial charge in [0.15, 0.2) is 0 Å². The van der Waals surface area contributed by atoms with Gasteiger partial charge in [-0.1, -0.05) is 30.3 Å². The Kier molecular flexibility index (Phi) is 3.75. The van der Waals surface area contributed by atoms with Crippen molar-refractivity contribution in [3.8, 4) is 0 Å². The Morgan fingerprint density at radius 1 is 1.17 bits per heavy atom. The highest BCUT2D eigenvalue weighted by atomic mass is 16.5. The van der Waals surface area contributed by atoms with Gasteiger partial charge < -0.3 is 14.7 Å². The van der Waals surface area contributed by atoms with E-state index in [0.29, 0.717) is 11.3 Å². The molecule has 24 heavy (non-hydrogen) atoms. The number of aromatic nitrogens is 2. The smallest absolute Gasteiger partial charge is 0.257 e. The second-order valence-corrected chi connectivity index (χ2v) is 6.44. The van der Waals surface area contributed by atoms with E-state index < -0.39 is 0 Å². The summed E-state index contributed by atoms with van der Waals surface area (Å²) in [5, 5.41) is 0.699. The van der Waals surface area contributed by atoms with Crippen molar-refractivity contribution in [1.29, 1.82) is 0 Å². The molecule has 1 fully saturated rings. The highest BCUT2D eigenvalue weighted by molar-refractivity contribution is 5.85. The lowest BCUT2D eigenvalue weighted by Gasteiger charge is -2.43. The molecule has 124 valence electrons. The molecule has 3 aromatic rings. The van der Waals surface area contributed by atoms with Gasteiger partial charge in [0.05, 0.1) is 10.9 Å². The van der Waals surface area contributed by atoms with Crippen LogP contribution in [0.1, 0.15) is 28.8 Å². The van der Waals surface area contributed by atoms with E-state index in [-0.39, 0.29) is 11.8 Å². The number of fused-ring (bicyclic) bond motifs is 1. The van der Waals surface area contributed by atoms with Crippen LogP contribution in [-0.4, -0.2) is 35.1 Å². The summed E-state index contributed by atoms with van der Waals surface area (Å²) < 4.78 is 5.74. The number of pyridine rings is 1. The van der Waals surface area contributed by atoms with Crippen molar-refractivity contribution >= 4 is 10.9 Å². The summed E-state index contributed by atoms with van der Waals surface area (Å²) in [4.78, 5) is 20.6. The minimum absolute atomic E-state index is 0.0750. The monoisotopic (exact) mass is 323 g/mol.